The second-order valence-corrected chi connectivity index (χ2v) is 5.31. The van der Waals surface area contributed by atoms with Gasteiger partial charge in [-0.05, 0) is 31.9 Å². The number of aliphatic hydroxyl groups excluding tert-OH is 1. The molecule has 1 aliphatic rings. The molecule has 4 heteroatoms. The largest absolute Gasteiger partial charge is 0.389 e. The van der Waals surface area contributed by atoms with Crippen LogP contribution in [0.25, 0.3) is 0 Å². The van der Waals surface area contributed by atoms with E-state index in [1.54, 1.807) is 0 Å². The van der Waals surface area contributed by atoms with Gasteiger partial charge in [0.25, 0.3) is 0 Å². The molecule has 2 N–H and O–H groups in total. The van der Waals surface area contributed by atoms with Crippen molar-refractivity contribution in [1.82, 2.24) is 5.32 Å². The number of hydrogen-bond donors (Lipinski definition) is 2. The summed E-state index contributed by atoms with van der Waals surface area (Å²) in [6, 6.07) is 0.457. The van der Waals surface area contributed by atoms with Crippen molar-refractivity contribution in [2.24, 2.45) is 5.92 Å². The molecule has 0 spiro atoms. The third-order valence-electron chi connectivity index (χ3n) is 2.48. The molecule has 0 aliphatic heterocycles. The molecule has 2 unspecified atom stereocenters. The van der Waals surface area contributed by atoms with Gasteiger partial charge in [0, 0.05) is 24.9 Å². The first-order chi connectivity index (χ1) is 7.22. The Hall–Kier alpha value is 0.230. The zero-order valence-electron chi connectivity index (χ0n) is 9.74. The van der Waals surface area contributed by atoms with Crippen molar-refractivity contribution in [2.75, 3.05) is 31.8 Å². The average Bonchev–Trinajstić information content (AvgIpc) is 2.99. The van der Waals surface area contributed by atoms with Crippen LogP contribution in [-0.4, -0.2) is 49.0 Å². The molecule has 1 aliphatic carbocycles. The van der Waals surface area contributed by atoms with Gasteiger partial charge in [-0.3, -0.25) is 0 Å². The summed E-state index contributed by atoms with van der Waals surface area (Å²) in [5, 5.41) is 12.9. The summed E-state index contributed by atoms with van der Waals surface area (Å²) < 4.78 is 5.42. The smallest absolute Gasteiger partial charge is 0.0897 e. The summed E-state index contributed by atoms with van der Waals surface area (Å²) in [7, 11) is 0. The summed E-state index contributed by atoms with van der Waals surface area (Å²) in [6.07, 6.45) is 4.33. The van der Waals surface area contributed by atoms with E-state index in [4.69, 9.17) is 4.74 Å². The van der Waals surface area contributed by atoms with E-state index < -0.39 is 0 Å². The van der Waals surface area contributed by atoms with E-state index in [0.29, 0.717) is 19.2 Å². The quantitative estimate of drug-likeness (QED) is 0.626. The highest BCUT2D eigenvalue weighted by molar-refractivity contribution is 7.98. The van der Waals surface area contributed by atoms with Crippen molar-refractivity contribution >= 4 is 11.8 Å². The summed E-state index contributed by atoms with van der Waals surface area (Å²) in [5.74, 6) is 1.86. The lowest BCUT2D eigenvalue weighted by Crippen LogP contribution is -2.37. The Bertz CT molecular complexity index is 165. The Morgan fingerprint density at radius 3 is 2.87 bits per heavy atom. The van der Waals surface area contributed by atoms with Crippen LogP contribution in [0.15, 0.2) is 0 Å². The highest BCUT2D eigenvalue weighted by Gasteiger charge is 2.21. The summed E-state index contributed by atoms with van der Waals surface area (Å²) >= 11 is 1.82. The maximum absolute atomic E-state index is 9.61. The SMILES string of the molecule is CSCC(C)NCC(O)COCC1CC1. The van der Waals surface area contributed by atoms with E-state index >= 15 is 0 Å². The molecule has 2 atom stereocenters. The Balaban J connectivity index is 1.89. The number of nitrogens with one attached hydrogen (secondary N) is 1. The van der Waals surface area contributed by atoms with E-state index in [9.17, 15) is 5.11 Å². The topological polar surface area (TPSA) is 41.5 Å². The van der Waals surface area contributed by atoms with Gasteiger partial charge in [0.15, 0.2) is 0 Å². The Kier molecular flexibility index (Phi) is 6.64. The number of rotatable bonds is 9. The van der Waals surface area contributed by atoms with Gasteiger partial charge < -0.3 is 15.2 Å². The Morgan fingerprint density at radius 1 is 1.53 bits per heavy atom. The van der Waals surface area contributed by atoms with Crippen LogP contribution in [-0.2, 0) is 4.74 Å². The van der Waals surface area contributed by atoms with Crippen molar-refractivity contribution in [1.29, 1.82) is 0 Å². The lowest BCUT2D eigenvalue weighted by Gasteiger charge is -2.16. The van der Waals surface area contributed by atoms with Gasteiger partial charge in [0.2, 0.25) is 0 Å². The first kappa shape index (κ1) is 13.3. The molecule has 0 aromatic heterocycles. The molecule has 0 aromatic rings. The Morgan fingerprint density at radius 2 is 2.27 bits per heavy atom. The number of ether oxygens (including phenoxy) is 1. The van der Waals surface area contributed by atoms with Crippen LogP contribution in [0, 0.1) is 5.92 Å². The minimum atomic E-state index is -0.368. The number of thioether (sulfide) groups is 1. The zero-order chi connectivity index (χ0) is 11.1. The van der Waals surface area contributed by atoms with Gasteiger partial charge in [-0.15, -0.1) is 0 Å². The third-order valence-corrected chi connectivity index (χ3v) is 3.31. The molecule has 15 heavy (non-hydrogen) atoms. The lowest BCUT2D eigenvalue weighted by atomic mass is 10.3. The van der Waals surface area contributed by atoms with Crippen LogP contribution in [0.1, 0.15) is 19.8 Å². The molecule has 0 saturated heterocycles. The summed E-state index contributed by atoms with van der Waals surface area (Å²) in [5.41, 5.74) is 0. The van der Waals surface area contributed by atoms with Crippen LogP contribution in [0.3, 0.4) is 0 Å². The van der Waals surface area contributed by atoms with Gasteiger partial charge >= 0.3 is 0 Å². The minimum Gasteiger partial charge on any atom is -0.389 e. The van der Waals surface area contributed by atoms with Gasteiger partial charge in [-0.1, -0.05) is 0 Å². The molecule has 90 valence electrons. The highest BCUT2D eigenvalue weighted by atomic mass is 32.2. The van der Waals surface area contributed by atoms with Gasteiger partial charge in [0.1, 0.15) is 0 Å². The van der Waals surface area contributed by atoms with E-state index in [1.165, 1.54) is 12.8 Å². The predicted octanol–water partition coefficient (Wildman–Crippen LogP) is 1.11. The Labute approximate surface area is 97.0 Å². The molecule has 0 radical (unpaired) electrons. The van der Waals surface area contributed by atoms with Crippen molar-refractivity contribution in [3.8, 4) is 0 Å². The first-order valence-electron chi connectivity index (χ1n) is 5.70. The van der Waals surface area contributed by atoms with E-state index in [1.807, 2.05) is 11.8 Å². The van der Waals surface area contributed by atoms with Gasteiger partial charge in [-0.2, -0.15) is 11.8 Å². The number of aliphatic hydroxyl groups is 1. The van der Waals surface area contributed by atoms with E-state index in [-0.39, 0.29) is 6.10 Å². The maximum Gasteiger partial charge on any atom is 0.0897 e. The molecule has 0 amide bonds. The summed E-state index contributed by atoms with van der Waals surface area (Å²) in [6.45, 7) is 4.06. The molecule has 0 heterocycles. The fourth-order valence-corrected chi connectivity index (χ4v) is 1.98. The second kappa shape index (κ2) is 7.49. The highest BCUT2D eigenvalue weighted by Crippen LogP contribution is 2.28. The van der Waals surface area contributed by atoms with Gasteiger partial charge in [-0.25, -0.2) is 0 Å². The van der Waals surface area contributed by atoms with Crippen LogP contribution in [0.2, 0.25) is 0 Å². The first-order valence-corrected chi connectivity index (χ1v) is 7.10. The fourth-order valence-electron chi connectivity index (χ4n) is 1.36. The van der Waals surface area contributed by atoms with E-state index in [0.717, 1.165) is 18.3 Å². The molecule has 1 fully saturated rings. The predicted molar refractivity (Wildman–Crippen MR) is 65.4 cm³/mol. The van der Waals surface area contributed by atoms with Crippen molar-refractivity contribution in [2.45, 2.75) is 31.9 Å². The van der Waals surface area contributed by atoms with Crippen molar-refractivity contribution in [3.63, 3.8) is 0 Å². The van der Waals surface area contributed by atoms with Crippen LogP contribution < -0.4 is 5.32 Å². The van der Waals surface area contributed by atoms with Crippen LogP contribution in [0.4, 0.5) is 0 Å². The normalized spacial score (nSPS) is 20.2. The molecule has 3 nitrogen and oxygen atoms in total. The van der Waals surface area contributed by atoms with Gasteiger partial charge in [0.05, 0.1) is 12.7 Å². The number of hydrogen-bond acceptors (Lipinski definition) is 4. The second-order valence-electron chi connectivity index (χ2n) is 4.40. The maximum atomic E-state index is 9.61. The van der Waals surface area contributed by atoms with Crippen LogP contribution in [0.5, 0.6) is 0 Å². The average molecular weight is 233 g/mol. The zero-order valence-corrected chi connectivity index (χ0v) is 10.6. The summed E-state index contributed by atoms with van der Waals surface area (Å²) in [4.78, 5) is 0. The van der Waals surface area contributed by atoms with Crippen molar-refractivity contribution in [3.05, 3.63) is 0 Å². The minimum absolute atomic E-state index is 0.368. The third kappa shape index (κ3) is 7.17. The molecule has 1 rings (SSSR count). The fraction of sp³-hybridized carbons (Fsp3) is 1.00. The molecule has 0 aromatic carbocycles. The molecule has 1 saturated carbocycles. The molecular weight excluding hydrogens is 210 g/mol. The van der Waals surface area contributed by atoms with E-state index in [2.05, 4.69) is 18.5 Å². The molecular formula is C11H23NO2S. The lowest BCUT2D eigenvalue weighted by molar-refractivity contribution is 0.0318. The monoisotopic (exact) mass is 233 g/mol. The van der Waals surface area contributed by atoms with Crippen LogP contribution >= 0.6 is 11.8 Å². The molecule has 0 bridgehead atoms. The standard InChI is InChI=1S/C11H23NO2S/c1-9(8-15-2)12-5-11(13)7-14-6-10-3-4-10/h9-13H,3-8H2,1-2H3. The van der Waals surface area contributed by atoms with Crippen molar-refractivity contribution < 1.29 is 9.84 Å².